The van der Waals surface area contributed by atoms with E-state index in [9.17, 15) is 4.79 Å². The number of rotatable bonds is 4. The van der Waals surface area contributed by atoms with Crippen LogP contribution in [0.2, 0.25) is 0 Å². The van der Waals surface area contributed by atoms with Gasteiger partial charge in [0.25, 0.3) is 0 Å². The standard InChI is InChI=1S/C12H11N3O3/c1-18-11-5-4-9(3-2-6-14-15-13)7-10(11)8-12(16)17/h4-5,7H,6,8H2,1H3,(H,16,17). The zero-order valence-corrected chi connectivity index (χ0v) is 9.75. The van der Waals surface area contributed by atoms with Crippen LogP contribution >= 0.6 is 0 Å². The van der Waals surface area contributed by atoms with Crippen LogP contribution in [-0.2, 0) is 11.2 Å². The number of methoxy groups -OCH3 is 1. The Labute approximate surface area is 104 Å². The van der Waals surface area contributed by atoms with Gasteiger partial charge in [-0.25, -0.2) is 0 Å². The van der Waals surface area contributed by atoms with Gasteiger partial charge in [0.2, 0.25) is 0 Å². The van der Waals surface area contributed by atoms with Gasteiger partial charge in [-0.2, -0.15) is 0 Å². The predicted octanol–water partition coefficient (Wildman–Crippen LogP) is 1.98. The van der Waals surface area contributed by atoms with E-state index in [2.05, 4.69) is 21.9 Å². The molecule has 0 atom stereocenters. The van der Waals surface area contributed by atoms with Crippen molar-refractivity contribution in [2.75, 3.05) is 13.7 Å². The molecule has 1 N–H and O–H groups in total. The van der Waals surface area contributed by atoms with Crippen molar-refractivity contribution in [1.82, 2.24) is 0 Å². The SMILES string of the molecule is COc1ccc(C#CCN=[N+]=[N-])cc1CC(=O)O. The highest BCUT2D eigenvalue weighted by Gasteiger charge is 2.07. The first-order valence-electron chi connectivity index (χ1n) is 5.06. The van der Waals surface area contributed by atoms with Crippen molar-refractivity contribution in [3.05, 3.63) is 39.8 Å². The first-order chi connectivity index (χ1) is 8.67. The van der Waals surface area contributed by atoms with Gasteiger partial charge in [0.15, 0.2) is 0 Å². The van der Waals surface area contributed by atoms with Crippen molar-refractivity contribution >= 4 is 5.97 Å². The van der Waals surface area contributed by atoms with E-state index in [1.54, 1.807) is 18.2 Å². The molecular weight excluding hydrogens is 234 g/mol. The average molecular weight is 245 g/mol. The molecule has 1 aromatic rings. The molecule has 1 rings (SSSR count). The predicted molar refractivity (Wildman–Crippen MR) is 65.2 cm³/mol. The molecule has 0 bridgehead atoms. The third-order valence-corrected chi connectivity index (χ3v) is 2.07. The summed E-state index contributed by atoms with van der Waals surface area (Å²) in [4.78, 5) is 13.3. The fraction of sp³-hybridized carbons (Fsp3) is 0.250. The molecule has 0 aliphatic rings. The first kappa shape index (κ1) is 13.4. The Balaban J connectivity index is 2.97. The Kier molecular flexibility index (Phi) is 5.10. The Morgan fingerprint density at radius 1 is 1.61 bits per heavy atom. The van der Waals surface area contributed by atoms with Crippen LogP contribution in [0.3, 0.4) is 0 Å². The summed E-state index contributed by atoms with van der Waals surface area (Å²) in [5, 5.41) is 12.1. The van der Waals surface area contributed by atoms with Gasteiger partial charge in [-0.05, 0) is 23.7 Å². The molecule has 0 aliphatic heterocycles. The van der Waals surface area contributed by atoms with Crippen molar-refractivity contribution in [2.24, 2.45) is 5.11 Å². The Morgan fingerprint density at radius 3 is 3.00 bits per heavy atom. The van der Waals surface area contributed by atoms with Crippen LogP contribution in [0.4, 0.5) is 0 Å². The van der Waals surface area contributed by atoms with Crippen LogP contribution in [0, 0.1) is 11.8 Å². The lowest BCUT2D eigenvalue weighted by atomic mass is 10.1. The van der Waals surface area contributed by atoms with Gasteiger partial charge in [-0.3, -0.25) is 4.79 Å². The molecule has 0 fully saturated rings. The maximum absolute atomic E-state index is 10.7. The first-order valence-corrected chi connectivity index (χ1v) is 5.06. The molecule has 0 aromatic heterocycles. The van der Waals surface area contributed by atoms with Crippen LogP contribution < -0.4 is 4.74 Å². The number of carboxylic acids is 1. The molecule has 0 saturated heterocycles. The van der Waals surface area contributed by atoms with Gasteiger partial charge in [0, 0.05) is 16.0 Å². The molecule has 0 amide bonds. The molecule has 1 aromatic carbocycles. The normalized spacial score (nSPS) is 8.72. The lowest BCUT2D eigenvalue weighted by molar-refractivity contribution is -0.136. The van der Waals surface area contributed by atoms with Crippen LogP contribution in [0.15, 0.2) is 23.3 Å². The maximum Gasteiger partial charge on any atom is 0.307 e. The van der Waals surface area contributed by atoms with Crippen molar-refractivity contribution in [1.29, 1.82) is 0 Å². The van der Waals surface area contributed by atoms with Crippen LogP contribution in [0.5, 0.6) is 5.75 Å². The van der Waals surface area contributed by atoms with Gasteiger partial charge in [0.1, 0.15) is 5.75 Å². The summed E-state index contributed by atoms with van der Waals surface area (Å²) >= 11 is 0. The molecule has 0 saturated carbocycles. The summed E-state index contributed by atoms with van der Waals surface area (Å²) in [6.45, 7) is 0.0802. The summed E-state index contributed by atoms with van der Waals surface area (Å²) in [5.41, 5.74) is 9.29. The highest BCUT2D eigenvalue weighted by Crippen LogP contribution is 2.20. The smallest absolute Gasteiger partial charge is 0.307 e. The van der Waals surface area contributed by atoms with E-state index in [4.69, 9.17) is 15.4 Å². The highest BCUT2D eigenvalue weighted by molar-refractivity contribution is 5.71. The van der Waals surface area contributed by atoms with E-state index >= 15 is 0 Å². The zero-order valence-electron chi connectivity index (χ0n) is 9.75. The molecule has 0 spiro atoms. The minimum atomic E-state index is -0.938. The van der Waals surface area contributed by atoms with Gasteiger partial charge >= 0.3 is 5.97 Å². The lowest BCUT2D eigenvalue weighted by Crippen LogP contribution is -2.02. The summed E-state index contributed by atoms with van der Waals surface area (Å²) in [6, 6.07) is 5.03. The van der Waals surface area contributed by atoms with E-state index in [0.29, 0.717) is 16.9 Å². The monoisotopic (exact) mass is 245 g/mol. The Bertz CT molecular complexity index is 551. The van der Waals surface area contributed by atoms with Crippen molar-refractivity contribution < 1.29 is 14.6 Å². The highest BCUT2D eigenvalue weighted by atomic mass is 16.5. The van der Waals surface area contributed by atoms with Crippen molar-refractivity contribution in [3.8, 4) is 17.6 Å². The summed E-state index contributed by atoms with van der Waals surface area (Å²) in [7, 11) is 1.48. The van der Waals surface area contributed by atoms with E-state index in [0.717, 1.165) is 0 Å². The minimum absolute atomic E-state index is 0.0802. The van der Waals surface area contributed by atoms with Crippen molar-refractivity contribution in [2.45, 2.75) is 6.42 Å². The van der Waals surface area contributed by atoms with E-state index in [-0.39, 0.29) is 13.0 Å². The Hall–Kier alpha value is -2.64. The molecule has 0 aliphatic carbocycles. The largest absolute Gasteiger partial charge is 0.496 e. The topological polar surface area (TPSA) is 95.3 Å². The molecular formula is C12H11N3O3. The second-order valence-corrected chi connectivity index (χ2v) is 3.29. The number of carboxylic acid groups (broad SMARTS) is 1. The van der Waals surface area contributed by atoms with Crippen molar-refractivity contribution in [3.63, 3.8) is 0 Å². The number of aliphatic carboxylic acids is 1. The fourth-order valence-corrected chi connectivity index (χ4v) is 1.37. The lowest BCUT2D eigenvalue weighted by Gasteiger charge is -2.06. The number of hydrogen-bond donors (Lipinski definition) is 1. The average Bonchev–Trinajstić information content (AvgIpc) is 2.34. The van der Waals surface area contributed by atoms with E-state index in [1.165, 1.54) is 7.11 Å². The van der Waals surface area contributed by atoms with E-state index < -0.39 is 5.97 Å². The summed E-state index contributed by atoms with van der Waals surface area (Å²) in [6.07, 6.45) is -0.130. The molecule has 18 heavy (non-hydrogen) atoms. The van der Waals surface area contributed by atoms with Crippen LogP contribution in [-0.4, -0.2) is 24.7 Å². The number of azide groups is 1. The fourth-order valence-electron chi connectivity index (χ4n) is 1.37. The van der Waals surface area contributed by atoms with Gasteiger partial charge in [-0.1, -0.05) is 17.0 Å². The van der Waals surface area contributed by atoms with Crippen LogP contribution in [0.25, 0.3) is 10.4 Å². The number of benzene rings is 1. The second-order valence-electron chi connectivity index (χ2n) is 3.29. The van der Waals surface area contributed by atoms with Gasteiger partial charge in [-0.15, -0.1) is 0 Å². The zero-order chi connectivity index (χ0) is 13.4. The number of ether oxygens (including phenoxy) is 1. The molecule has 0 heterocycles. The molecule has 0 unspecified atom stereocenters. The molecule has 92 valence electrons. The third kappa shape index (κ3) is 4.08. The second kappa shape index (κ2) is 6.84. The van der Waals surface area contributed by atoms with Gasteiger partial charge in [0.05, 0.1) is 20.1 Å². The molecule has 6 heteroatoms. The summed E-state index contributed by atoms with van der Waals surface area (Å²) < 4.78 is 5.07. The number of carbonyl (C=O) groups is 1. The number of nitrogens with zero attached hydrogens (tertiary/aromatic N) is 3. The minimum Gasteiger partial charge on any atom is -0.496 e. The molecule has 6 nitrogen and oxygen atoms in total. The third-order valence-electron chi connectivity index (χ3n) is 2.07. The quantitative estimate of drug-likeness (QED) is 0.380. The van der Waals surface area contributed by atoms with Crippen LogP contribution in [0.1, 0.15) is 11.1 Å². The maximum atomic E-state index is 10.7. The Morgan fingerprint density at radius 2 is 2.39 bits per heavy atom. The van der Waals surface area contributed by atoms with Gasteiger partial charge < -0.3 is 9.84 Å². The van der Waals surface area contributed by atoms with E-state index in [1.807, 2.05) is 0 Å². The summed E-state index contributed by atoms with van der Waals surface area (Å²) in [5.74, 6) is 5.02. The molecule has 0 radical (unpaired) electrons. The number of hydrogen-bond acceptors (Lipinski definition) is 3.